The molecule has 0 saturated heterocycles. The maximum absolute atomic E-state index is 11.5. The molecule has 1 aromatic carbocycles. The van der Waals surface area contributed by atoms with E-state index in [2.05, 4.69) is 11.1 Å². The van der Waals surface area contributed by atoms with Gasteiger partial charge < -0.3 is 4.74 Å². The zero-order valence-electron chi connectivity index (χ0n) is 12.8. The highest BCUT2D eigenvalue weighted by Crippen LogP contribution is 2.23. The van der Waals surface area contributed by atoms with E-state index in [4.69, 9.17) is 16.3 Å². The van der Waals surface area contributed by atoms with Crippen LogP contribution < -0.4 is 4.74 Å². The Kier molecular flexibility index (Phi) is 6.03. The number of benzene rings is 1. The van der Waals surface area contributed by atoms with Crippen molar-refractivity contribution >= 4 is 29.1 Å². The van der Waals surface area contributed by atoms with E-state index in [0.29, 0.717) is 39.2 Å². The van der Waals surface area contributed by atoms with E-state index >= 15 is 0 Å². The first-order valence-corrected chi connectivity index (χ1v) is 8.31. The summed E-state index contributed by atoms with van der Waals surface area (Å²) in [6, 6.07) is 10.8. The first-order valence-electron chi connectivity index (χ1n) is 6.95. The van der Waals surface area contributed by atoms with Gasteiger partial charge in [0.25, 0.3) is 0 Å². The molecule has 118 valence electrons. The summed E-state index contributed by atoms with van der Waals surface area (Å²) in [5, 5.41) is 10.5. The fourth-order valence-electron chi connectivity index (χ4n) is 1.96. The summed E-state index contributed by atoms with van der Waals surface area (Å²) >= 11 is 7.25. The quantitative estimate of drug-likeness (QED) is 0.443. The third-order valence-electron chi connectivity index (χ3n) is 3.08. The molecule has 0 fully saturated rings. The normalized spacial score (nSPS) is 10.2. The molecule has 0 aliphatic carbocycles. The molecule has 0 unspecified atom stereocenters. The van der Waals surface area contributed by atoms with Crippen molar-refractivity contribution in [3.63, 3.8) is 0 Å². The Labute approximate surface area is 144 Å². The second-order valence-corrected chi connectivity index (χ2v) is 6.31. The number of halogens is 1. The molecule has 2 aromatic rings. The van der Waals surface area contributed by atoms with Crippen molar-refractivity contribution in [1.82, 2.24) is 4.98 Å². The molecule has 0 bridgehead atoms. The molecule has 0 radical (unpaired) electrons. The molecule has 6 heteroatoms. The van der Waals surface area contributed by atoms with Crippen LogP contribution in [0.5, 0.6) is 5.75 Å². The first kappa shape index (κ1) is 17.3. The van der Waals surface area contributed by atoms with Crippen LogP contribution in [-0.4, -0.2) is 23.1 Å². The lowest BCUT2D eigenvalue weighted by Crippen LogP contribution is -2.04. The van der Waals surface area contributed by atoms with E-state index in [-0.39, 0.29) is 5.78 Å². The molecule has 0 saturated carbocycles. The van der Waals surface area contributed by atoms with Gasteiger partial charge in [0.05, 0.1) is 12.2 Å². The fourth-order valence-corrected chi connectivity index (χ4v) is 2.91. The minimum Gasteiger partial charge on any atom is -0.493 e. The molecule has 1 aromatic heterocycles. The van der Waals surface area contributed by atoms with Gasteiger partial charge in [-0.25, -0.2) is 4.98 Å². The third-order valence-corrected chi connectivity index (χ3v) is 4.29. The summed E-state index contributed by atoms with van der Waals surface area (Å²) in [4.78, 5) is 15.9. The van der Waals surface area contributed by atoms with Crippen molar-refractivity contribution < 1.29 is 9.53 Å². The average Bonchev–Trinajstić information content (AvgIpc) is 2.53. The molecule has 23 heavy (non-hydrogen) atoms. The number of thioether (sulfide) groups is 1. The number of nitriles is 1. The number of Topliss-reactive ketones (excluding diaryl/α,β-unsaturated/α-hetero) is 1. The maximum Gasteiger partial charge on any atom is 0.161 e. The lowest BCUT2D eigenvalue weighted by molar-refractivity contribution is 0.101. The van der Waals surface area contributed by atoms with Gasteiger partial charge in [-0.05, 0) is 44.2 Å². The molecule has 0 spiro atoms. The zero-order chi connectivity index (χ0) is 16.8. The third kappa shape index (κ3) is 4.72. The Balaban J connectivity index is 1.98. The number of carbonyl (C=O) groups excluding carboxylic acids is 1. The molecule has 0 aliphatic heterocycles. The van der Waals surface area contributed by atoms with Gasteiger partial charge in [-0.15, -0.1) is 11.8 Å². The summed E-state index contributed by atoms with van der Waals surface area (Å²) in [5.41, 5.74) is 1.54. The molecule has 0 N–H and O–H groups in total. The Hall–Kier alpha value is -2.03. The largest absolute Gasteiger partial charge is 0.493 e. The number of hydrogen-bond donors (Lipinski definition) is 0. The molecule has 0 atom stereocenters. The number of aromatic nitrogens is 1. The van der Waals surface area contributed by atoms with Gasteiger partial charge in [-0.3, -0.25) is 4.79 Å². The molecule has 1 heterocycles. The van der Waals surface area contributed by atoms with Crippen molar-refractivity contribution in [3.8, 4) is 11.8 Å². The van der Waals surface area contributed by atoms with Gasteiger partial charge in [0.2, 0.25) is 0 Å². The highest BCUT2D eigenvalue weighted by Gasteiger charge is 2.12. The zero-order valence-corrected chi connectivity index (χ0v) is 14.4. The number of hydrogen-bond acceptors (Lipinski definition) is 5. The number of aryl methyl sites for hydroxylation is 1. The van der Waals surface area contributed by atoms with Crippen LogP contribution in [0.15, 0.2) is 35.4 Å². The van der Waals surface area contributed by atoms with E-state index in [9.17, 15) is 10.1 Å². The smallest absolute Gasteiger partial charge is 0.161 e. The number of carbonyl (C=O) groups is 1. The number of ether oxygens (including phenoxy) is 1. The topological polar surface area (TPSA) is 63.0 Å². The molecular formula is C17H15ClN2O2S. The summed E-state index contributed by atoms with van der Waals surface area (Å²) in [7, 11) is 0. The Morgan fingerprint density at radius 2 is 2.09 bits per heavy atom. The standard InChI is InChI=1S/C17H15ClN2O2S/c1-11-16(12(2)21)9-13(10-19)17(20-11)23-8-7-22-15-5-3-14(18)4-6-15/h3-6,9H,7-8H2,1-2H3. The minimum absolute atomic E-state index is 0.0888. The Morgan fingerprint density at radius 3 is 2.70 bits per heavy atom. The van der Waals surface area contributed by atoms with E-state index < -0.39 is 0 Å². The summed E-state index contributed by atoms with van der Waals surface area (Å²) < 4.78 is 5.60. The van der Waals surface area contributed by atoms with E-state index in [0.717, 1.165) is 5.75 Å². The van der Waals surface area contributed by atoms with E-state index in [1.54, 1.807) is 37.3 Å². The molecule has 4 nitrogen and oxygen atoms in total. The van der Waals surface area contributed by atoms with Crippen molar-refractivity contribution in [2.45, 2.75) is 18.9 Å². The molecule has 0 aliphatic rings. The van der Waals surface area contributed by atoms with Crippen LogP contribution >= 0.6 is 23.4 Å². The van der Waals surface area contributed by atoms with Crippen LogP contribution in [0.2, 0.25) is 5.02 Å². The fraction of sp³-hybridized carbons (Fsp3) is 0.235. The average molecular weight is 347 g/mol. The number of rotatable bonds is 6. The van der Waals surface area contributed by atoms with Crippen LogP contribution in [0, 0.1) is 18.3 Å². The van der Waals surface area contributed by atoms with Crippen LogP contribution in [0.3, 0.4) is 0 Å². The summed E-state index contributed by atoms with van der Waals surface area (Å²) in [6.07, 6.45) is 0. The monoisotopic (exact) mass is 346 g/mol. The van der Waals surface area contributed by atoms with Crippen LogP contribution in [-0.2, 0) is 0 Å². The van der Waals surface area contributed by atoms with E-state index in [1.165, 1.54) is 18.7 Å². The minimum atomic E-state index is -0.0888. The van der Waals surface area contributed by atoms with Gasteiger partial charge in [0.1, 0.15) is 16.8 Å². The van der Waals surface area contributed by atoms with Crippen LogP contribution in [0.4, 0.5) is 0 Å². The Bertz CT molecular complexity index is 754. The van der Waals surface area contributed by atoms with Gasteiger partial charge in [-0.2, -0.15) is 5.26 Å². The van der Waals surface area contributed by atoms with Crippen molar-refractivity contribution in [2.75, 3.05) is 12.4 Å². The second-order valence-electron chi connectivity index (χ2n) is 4.79. The molecular weight excluding hydrogens is 332 g/mol. The lowest BCUT2D eigenvalue weighted by atomic mass is 10.1. The maximum atomic E-state index is 11.5. The van der Waals surface area contributed by atoms with Crippen molar-refractivity contribution in [2.24, 2.45) is 0 Å². The highest BCUT2D eigenvalue weighted by atomic mass is 35.5. The summed E-state index contributed by atoms with van der Waals surface area (Å²) in [6.45, 7) is 3.72. The SMILES string of the molecule is CC(=O)c1cc(C#N)c(SCCOc2ccc(Cl)cc2)nc1C. The summed E-state index contributed by atoms with van der Waals surface area (Å²) in [5.74, 6) is 1.30. The van der Waals surface area contributed by atoms with Crippen LogP contribution in [0.1, 0.15) is 28.5 Å². The predicted molar refractivity (Wildman–Crippen MR) is 91.4 cm³/mol. The van der Waals surface area contributed by atoms with E-state index in [1.807, 2.05) is 0 Å². The Morgan fingerprint density at radius 1 is 1.39 bits per heavy atom. The predicted octanol–water partition coefficient (Wildman–Crippen LogP) is 4.29. The van der Waals surface area contributed by atoms with Crippen LogP contribution in [0.25, 0.3) is 0 Å². The first-order chi connectivity index (χ1) is 11.0. The number of pyridine rings is 1. The van der Waals surface area contributed by atoms with Gasteiger partial charge in [-0.1, -0.05) is 11.6 Å². The molecule has 0 amide bonds. The van der Waals surface area contributed by atoms with Gasteiger partial charge >= 0.3 is 0 Å². The van der Waals surface area contributed by atoms with Gasteiger partial charge in [0.15, 0.2) is 5.78 Å². The molecule has 2 rings (SSSR count). The highest BCUT2D eigenvalue weighted by molar-refractivity contribution is 7.99. The number of ketones is 1. The lowest BCUT2D eigenvalue weighted by Gasteiger charge is -2.09. The van der Waals surface area contributed by atoms with Crippen molar-refractivity contribution in [1.29, 1.82) is 5.26 Å². The number of nitrogens with zero attached hydrogens (tertiary/aromatic N) is 2. The van der Waals surface area contributed by atoms with Gasteiger partial charge in [0, 0.05) is 22.0 Å². The second kappa shape index (κ2) is 8.00. The van der Waals surface area contributed by atoms with Crippen molar-refractivity contribution in [3.05, 3.63) is 52.2 Å².